The minimum atomic E-state index is 0.0917. The maximum Gasteiger partial charge on any atom is 0.253 e. The lowest BCUT2D eigenvalue weighted by atomic mass is 9.97. The average molecular weight is 471 g/mol. The minimum Gasteiger partial charge on any atom is -0.492 e. The van der Waals surface area contributed by atoms with Gasteiger partial charge in [-0.3, -0.25) is 9.78 Å². The van der Waals surface area contributed by atoms with Crippen LogP contribution in [0.5, 0.6) is 5.75 Å². The van der Waals surface area contributed by atoms with Crippen molar-refractivity contribution in [2.24, 2.45) is 5.92 Å². The number of hydrogen-bond donors (Lipinski definition) is 2. The molecule has 0 spiro atoms. The van der Waals surface area contributed by atoms with Crippen LogP contribution < -0.4 is 15.4 Å². The van der Waals surface area contributed by atoms with E-state index in [0.29, 0.717) is 12.5 Å². The number of hydrogen-bond acceptors (Lipinski definition) is 5. The number of nitrogens with one attached hydrogen (secondary N) is 2. The molecule has 2 saturated heterocycles. The van der Waals surface area contributed by atoms with Crippen molar-refractivity contribution in [3.05, 3.63) is 71.9 Å². The van der Waals surface area contributed by atoms with Gasteiger partial charge in [-0.2, -0.15) is 0 Å². The summed E-state index contributed by atoms with van der Waals surface area (Å²) in [6.45, 7) is 8.11. The van der Waals surface area contributed by atoms with E-state index in [-0.39, 0.29) is 5.91 Å². The largest absolute Gasteiger partial charge is 0.492 e. The second kappa shape index (κ2) is 11.0. The average Bonchev–Trinajstić information content (AvgIpc) is 2.93. The van der Waals surface area contributed by atoms with Crippen molar-refractivity contribution in [2.75, 3.05) is 45.9 Å². The first-order valence-corrected chi connectivity index (χ1v) is 12.7. The lowest BCUT2D eigenvalue weighted by molar-refractivity contribution is 0.0736. The van der Waals surface area contributed by atoms with Gasteiger partial charge in [0.15, 0.2) is 0 Å². The number of nitrogens with zero attached hydrogens (tertiary/aromatic N) is 2. The molecule has 35 heavy (non-hydrogen) atoms. The maximum atomic E-state index is 12.9. The van der Waals surface area contributed by atoms with Crippen molar-refractivity contribution in [2.45, 2.75) is 19.8 Å². The maximum absolute atomic E-state index is 12.9. The molecule has 182 valence electrons. The van der Waals surface area contributed by atoms with E-state index in [1.165, 1.54) is 5.56 Å². The predicted octanol–water partition coefficient (Wildman–Crippen LogP) is 4.15. The molecule has 2 aliphatic heterocycles. The zero-order chi connectivity index (χ0) is 24.0. The fraction of sp³-hybridized carbons (Fsp3) is 0.379. The molecule has 3 aromatic rings. The Morgan fingerprint density at radius 2 is 1.60 bits per heavy atom. The van der Waals surface area contributed by atoms with Gasteiger partial charge in [0.1, 0.15) is 5.75 Å². The van der Waals surface area contributed by atoms with Gasteiger partial charge in [0.25, 0.3) is 5.91 Å². The minimum absolute atomic E-state index is 0.0917. The fourth-order valence-corrected chi connectivity index (χ4v) is 4.79. The van der Waals surface area contributed by atoms with E-state index in [9.17, 15) is 4.79 Å². The van der Waals surface area contributed by atoms with Crippen LogP contribution in [-0.4, -0.2) is 61.7 Å². The van der Waals surface area contributed by atoms with Gasteiger partial charge < -0.3 is 20.3 Å². The number of aromatic nitrogens is 1. The Morgan fingerprint density at radius 1 is 0.943 bits per heavy atom. The highest BCUT2D eigenvalue weighted by Gasteiger charge is 2.19. The first kappa shape index (κ1) is 23.5. The highest BCUT2D eigenvalue weighted by atomic mass is 16.5. The van der Waals surface area contributed by atoms with Crippen LogP contribution in [-0.2, 0) is 0 Å². The van der Waals surface area contributed by atoms with E-state index in [1.54, 1.807) is 0 Å². The van der Waals surface area contributed by atoms with Gasteiger partial charge in [-0.1, -0.05) is 42.0 Å². The lowest BCUT2D eigenvalue weighted by Gasteiger charge is -2.27. The Morgan fingerprint density at radius 3 is 2.31 bits per heavy atom. The number of pyridine rings is 1. The first-order valence-electron chi connectivity index (χ1n) is 12.7. The number of piperazine rings is 1. The van der Waals surface area contributed by atoms with Gasteiger partial charge in [0.2, 0.25) is 0 Å². The summed E-state index contributed by atoms with van der Waals surface area (Å²) in [5.74, 6) is 1.45. The molecule has 2 fully saturated rings. The van der Waals surface area contributed by atoms with Crippen LogP contribution >= 0.6 is 0 Å². The Kier molecular flexibility index (Phi) is 7.40. The topological polar surface area (TPSA) is 66.5 Å². The van der Waals surface area contributed by atoms with Crippen molar-refractivity contribution < 1.29 is 9.53 Å². The molecule has 6 heteroatoms. The fourth-order valence-electron chi connectivity index (χ4n) is 4.79. The van der Waals surface area contributed by atoms with Gasteiger partial charge in [-0.25, -0.2) is 0 Å². The van der Waals surface area contributed by atoms with Crippen LogP contribution in [0.15, 0.2) is 60.8 Å². The Balaban J connectivity index is 1.42. The molecule has 2 aliphatic rings. The zero-order valence-electron chi connectivity index (χ0n) is 20.4. The van der Waals surface area contributed by atoms with E-state index in [2.05, 4.69) is 47.9 Å². The number of carbonyl (C=O) groups excluding carboxylic acids is 1. The summed E-state index contributed by atoms with van der Waals surface area (Å²) in [7, 11) is 0. The van der Waals surface area contributed by atoms with Crippen molar-refractivity contribution in [3.8, 4) is 28.1 Å². The number of aryl methyl sites for hydroxylation is 1. The van der Waals surface area contributed by atoms with Crippen molar-refractivity contribution >= 4 is 5.91 Å². The molecule has 0 saturated carbocycles. The number of benzene rings is 2. The highest BCUT2D eigenvalue weighted by molar-refractivity contribution is 5.95. The molecule has 5 rings (SSSR count). The van der Waals surface area contributed by atoms with Crippen molar-refractivity contribution in [1.82, 2.24) is 20.5 Å². The predicted molar refractivity (Wildman–Crippen MR) is 140 cm³/mol. The summed E-state index contributed by atoms with van der Waals surface area (Å²) >= 11 is 0. The molecular weight excluding hydrogens is 436 g/mol. The van der Waals surface area contributed by atoms with Gasteiger partial charge in [0, 0.05) is 42.9 Å². The Bertz CT molecular complexity index is 1130. The molecule has 0 aliphatic carbocycles. The summed E-state index contributed by atoms with van der Waals surface area (Å²) in [4.78, 5) is 19.7. The summed E-state index contributed by atoms with van der Waals surface area (Å²) in [5, 5.41) is 6.71. The van der Waals surface area contributed by atoms with E-state index >= 15 is 0 Å². The van der Waals surface area contributed by atoms with Crippen LogP contribution in [0.4, 0.5) is 0 Å². The van der Waals surface area contributed by atoms with Crippen molar-refractivity contribution in [1.29, 1.82) is 0 Å². The molecule has 1 aromatic heterocycles. The lowest BCUT2D eigenvalue weighted by Crippen LogP contribution is -2.46. The molecule has 6 nitrogen and oxygen atoms in total. The van der Waals surface area contributed by atoms with Gasteiger partial charge >= 0.3 is 0 Å². The van der Waals surface area contributed by atoms with Crippen LogP contribution in [0.1, 0.15) is 28.8 Å². The number of amides is 1. The summed E-state index contributed by atoms with van der Waals surface area (Å²) in [6, 6.07) is 18.5. The van der Waals surface area contributed by atoms with E-state index in [1.807, 2.05) is 35.4 Å². The summed E-state index contributed by atoms with van der Waals surface area (Å²) in [5.41, 5.74) is 5.96. The Hall–Kier alpha value is -3.22. The number of rotatable bonds is 6. The summed E-state index contributed by atoms with van der Waals surface area (Å²) < 4.78 is 6.20. The van der Waals surface area contributed by atoms with Gasteiger partial charge in [0.05, 0.1) is 18.5 Å². The third-order valence-corrected chi connectivity index (χ3v) is 6.98. The first-order chi connectivity index (χ1) is 17.2. The molecule has 3 heterocycles. The SMILES string of the molecule is Cc1ccc(-c2ncc(OCC3CCNCC3)cc2-c2ccc(C(=O)N3CCNCC3)cc2)cc1. The number of ether oxygens (including phenoxy) is 1. The van der Waals surface area contributed by atoms with E-state index in [0.717, 1.165) is 85.8 Å². The third kappa shape index (κ3) is 5.72. The van der Waals surface area contributed by atoms with Crippen LogP contribution in [0.3, 0.4) is 0 Å². The van der Waals surface area contributed by atoms with E-state index in [4.69, 9.17) is 9.72 Å². The molecule has 0 radical (unpaired) electrons. The quantitative estimate of drug-likeness (QED) is 0.567. The van der Waals surface area contributed by atoms with Gasteiger partial charge in [-0.15, -0.1) is 0 Å². The van der Waals surface area contributed by atoms with Crippen LogP contribution in [0, 0.1) is 12.8 Å². The molecule has 2 aromatic carbocycles. The van der Waals surface area contributed by atoms with E-state index < -0.39 is 0 Å². The molecule has 0 bridgehead atoms. The van der Waals surface area contributed by atoms with Crippen LogP contribution in [0.25, 0.3) is 22.4 Å². The standard InChI is InChI=1S/C29H34N4O2/c1-21-2-4-24(5-3-21)28-27(18-26(19-32-28)35-20-22-10-12-30-13-11-22)23-6-8-25(9-7-23)29(34)33-16-14-31-15-17-33/h2-9,18-19,22,30-31H,10-17,20H2,1H3. The molecule has 0 atom stereocenters. The summed E-state index contributed by atoms with van der Waals surface area (Å²) in [6.07, 6.45) is 4.12. The molecule has 2 N–H and O–H groups in total. The van der Waals surface area contributed by atoms with Crippen molar-refractivity contribution in [3.63, 3.8) is 0 Å². The highest BCUT2D eigenvalue weighted by Crippen LogP contribution is 2.34. The molecule has 0 unspecified atom stereocenters. The van der Waals surface area contributed by atoms with Gasteiger partial charge in [-0.05, 0) is 62.5 Å². The second-order valence-corrected chi connectivity index (χ2v) is 9.56. The monoisotopic (exact) mass is 470 g/mol. The number of carbonyl (C=O) groups is 1. The molecule has 1 amide bonds. The third-order valence-electron chi connectivity index (χ3n) is 6.98. The smallest absolute Gasteiger partial charge is 0.253 e. The second-order valence-electron chi connectivity index (χ2n) is 9.56. The normalized spacial score (nSPS) is 16.8. The molecular formula is C29H34N4O2. The zero-order valence-corrected chi connectivity index (χ0v) is 20.4. The Labute approximate surface area is 207 Å². The van der Waals surface area contributed by atoms with Crippen LogP contribution in [0.2, 0.25) is 0 Å². The number of piperidine rings is 1.